The van der Waals surface area contributed by atoms with Crippen molar-refractivity contribution in [2.24, 2.45) is 17.8 Å². The number of halogens is 4. The highest BCUT2D eigenvalue weighted by molar-refractivity contribution is 5.76. The van der Waals surface area contributed by atoms with E-state index >= 15 is 8.78 Å². The van der Waals surface area contributed by atoms with Gasteiger partial charge < -0.3 is 0 Å². The molecule has 4 heteroatoms. The van der Waals surface area contributed by atoms with E-state index in [1.54, 1.807) is 48.6 Å². The smallest absolute Gasteiger partial charge is 0.166 e. The Morgan fingerprint density at radius 3 is 2.17 bits per heavy atom. The monoisotopic (exact) mass is 576 g/mol. The maximum absolute atomic E-state index is 15.5. The molecule has 1 fully saturated rings. The van der Waals surface area contributed by atoms with E-state index in [4.69, 9.17) is 0 Å². The van der Waals surface area contributed by atoms with Crippen LogP contribution in [0.3, 0.4) is 0 Å². The fourth-order valence-corrected chi connectivity index (χ4v) is 7.28. The van der Waals surface area contributed by atoms with Crippen molar-refractivity contribution in [2.45, 2.75) is 96.3 Å². The number of aryl methyl sites for hydroxylation is 1. The van der Waals surface area contributed by atoms with Crippen molar-refractivity contribution < 1.29 is 17.6 Å². The van der Waals surface area contributed by atoms with Gasteiger partial charge in [-0.15, -0.1) is 6.58 Å². The predicted octanol–water partition coefficient (Wildman–Crippen LogP) is 11.5. The van der Waals surface area contributed by atoms with Crippen molar-refractivity contribution in [3.05, 3.63) is 101 Å². The van der Waals surface area contributed by atoms with E-state index in [0.29, 0.717) is 34.6 Å². The van der Waals surface area contributed by atoms with Gasteiger partial charge in [-0.2, -0.15) is 0 Å². The SMILES string of the molecule is C=CCCC1CCC(C2CC=C(C3=CC=C(c4ccc(-c5ccc(CCCC)c(F)c5F)cc4)C(F)C3F)CC2)CC1. The van der Waals surface area contributed by atoms with Crippen LogP contribution in [0.4, 0.5) is 17.6 Å². The average molecular weight is 577 g/mol. The van der Waals surface area contributed by atoms with Crippen molar-refractivity contribution in [1.29, 1.82) is 0 Å². The molecule has 0 bridgehead atoms. The van der Waals surface area contributed by atoms with Crippen LogP contribution in [0, 0.1) is 29.4 Å². The molecule has 2 aromatic rings. The summed E-state index contributed by atoms with van der Waals surface area (Å²) in [4.78, 5) is 0. The second-order valence-corrected chi connectivity index (χ2v) is 12.5. The molecule has 0 spiro atoms. The molecule has 0 heterocycles. The van der Waals surface area contributed by atoms with Gasteiger partial charge in [-0.1, -0.05) is 86.9 Å². The molecular formula is C38H44F4. The number of unbranched alkanes of at least 4 members (excludes halogenated alkanes) is 1. The maximum atomic E-state index is 15.5. The van der Waals surface area contributed by atoms with E-state index in [0.717, 1.165) is 55.9 Å². The summed E-state index contributed by atoms with van der Waals surface area (Å²) in [5.41, 5.74) is 3.30. The number of hydrogen-bond acceptors (Lipinski definition) is 0. The molecule has 1 saturated carbocycles. The van der Waals surface area contributed by atoms with Crippen LogP contribution in [0.2, 0.25) is 0 Å². The van der Waals surface area contributed by atoms with Gasteiger partial charge in [0.1, 0.15) is 0 Å². The van der Waals surface area contributed by atoms with Crippen LogP contribution in [-0.4, -0.2) is 12.3 Å². The van der Waals surface area contributed by atoms with E-state index in [1.165, 1.54) is 32.1 Å². The van der Waals surface area contributed by atoms with E-state index in [9.17, 15) is 8.78 Å². The Bertz CT molecular complexity index is 1320. The molecule has 3 atom stereocenters. The lowest BCUT2D eigenvalue weighted by molar-refractivity contribution is 0.187. The fraction of sp³-hybridized carbons (Fsp3) is 0.474. The first-order valence-electron chi connectivity index (χ1n) is 16.0. The highest BCUT2D eigenvalue weighted by Gasteiger charge is 2.35. The van der Waals surface area contributed by atoms with Crippen molar-refractivity contribution in [2.75, 3.05) is 0 Å². The Labute approximate surface area is 249 Å². The highest BCUT2D eigenvalue weighted by atomic mass is 19.2. The summed E-state index contributed by atoms with van der Waals surface area (Å²) in [6, 6.07) is 9.86. The summed E-state index contributed by atoms with van der Waals surface area (Å²) < 4.78 is 60.4. The third-order valence-corrected chi connectivity index (χ3v) is 9.94. The molecule has 0 saturated heterocycles. The summed E-state index contributed by atoms with van der Waals surface area (Å²) in [7, 11) is 0. The third-order valence-electron chi connectivity index (χ3n) is 9.94. The van der Waals surface area contributed by atoms with Crippen LogP contribution in [0.25, 0.3) is 16.7 Å². The van der Waals surface area contributed by atoms with E-state index in [-0.39, 0.29) is 11.1 Å². The Hall–Kier alpha value is -2.88. The summed E-state index contributed by atoms with van der Waals surface area (Å²) >= 11 is 0. The fourth-order valence-electron chi connectivity index (χ4n) is 7.28. The molecular weight excluding hydrogens is 532 g/mol. The zero-order chi connectivity index (χ0) is 29.6. The highest BCUT2D eigenvalue weighted by Crippen LogP contribution is 2.44. The molecule has 0 aromatic heterocycles. The van der Waals surface area contributed by atoms with Crippen molar-refractivity contribution in [3.8, 4) is 11.1 Å². The van der Waals surface area contributed by atoms with Crippen LogP contribution >= 0.6 is 0 Å². The number of benzene rings is 2. The van der Waals surface area contributed by atoms with Crippen LogP contribution in [-0.2, 0) is 6.42 Å². The Balaban J connectivity index is 1.25. The Kier molecular flexibility index (Phi) is 10.2. The Morgan fingerprint density at radius 2 is 1.50 bits per heavy atom. The van der Waals surface area contributed by atoms with Crippen LogP contribution in [0.5, 0.6) is 0 Å². The van der Waals surface area contributed by atoms with Gasteiger partial charge in [0.05, 0.1) is 0 Å². The predicted molar refractivity (Wildman–Crippen MR) is 167 cm³/mol. The quantitative estimate of drug-likeness (QED) is 0.195. The van der Waals surface area contributed by atoms with Gasteiger partial charge in [0.15, 0.2) is 24.0 Å². The van der Waals surface area contributed by atoms with Crippen LogP contribution < -0.4 is 0 Å². The molecule has 42 heavy (non-hydrogen) atoms. The van der Waals surface area contributed by atoms with Crippen molar-refractivity contribution >= 4 is 5.57 Å². The first-order chi connectivity index (χ1) is 20.4. The largest absolute Gasteiger partial charge is 0.239 e. The average Bonchev–Trinajstić information content (AvgIpc) is 3.03. The van der Waals surface area contributed by atoms with Gasteiger partial charge in [0, 0.05) is 5.56 Å². The lowest BCUT2D eigenvalue weighted by atomic mass is 9.70. The van der Waals surface area contributed by atoms with Crippen LogP contribution in [0.15, 0.2) is 78.4 Å². The minimum Gasteiger partial charge on any atom is -0.239 e. The van der Waals surface area contributed by atoms with E-state index in [1.807, 2.05) is 13.0 Å². The number of alkyl halides is 2. The molecule has 3 aliphatic carbocycles. The van der Waals surface area contributed by atoms with E-state index < -0.39 is 24.0 Å². The number of rotatable bonds is 10. The summed E-state index contributed by atoms with van der Waals surface area (Å²) in [6.45, 7) is 5.86. The van der Waals surface area contributed by atoms with Gasteiger partial charge in [-0.25, -0.2) is 17.6 Å². The third kappa shape index (κ3) is 6.68. The normalized spacial score (nSPS) is 26.3. The van der Waals surface area contributed by atoms with Gasteiger partial charge in [-0.3, -0.25) is 0 Å². The first kappa shape index (κ1) is 30.6. The second-order valence-electron chi connectivity index (χ2n) is 12.5. The van der Waals surface area contributed by atoms with Crippen molar-refractivity contribution in [3.63, 3.8) is 0 Å². The zero-order valence-corrected chi connectivity index (χ0v) is 24.9. The topological polar surface area (TPSA) is 0 Å². The van der Waals surface area contributed by atoms with Gasteiger partial charge in [0.25, 0.3) is 0 Å². The second kappa shape index (κ2) is 14.1. The van der Waals surface area contributed by atoms with Gasteiger partial charge >= 0.3 is 0 Å². The van der Waals surface area contributed by atoms with Gasteiger partial charge in [-0.05, 0) is 109 Å². The lowest BCUT2D eigenvalue weighted by Crippen LogP contribution is -2.27. The number of hydrogen-bond donors (Lipinski definition) is 0. The lowest BCUT2D eigenvalue weighted by Gasteiger charge is -2.36. The minimum atomic E-state index is -1.77. The maximum Gasteiger partial charge on any atom is 0.166 e. The molecule has 5 rings (SSSR count). The zero-order valence-electron chi connectivity index (χ0n) is 24.9. The molecule has 0 radical (unpaired) electrons. The first-order valence-corrected chi connectivity index (χ1v) is 16.0. The summed E-state index contributed by atoms with van der Waals surface area (Å²) in [5, 5.41) is 0. The van der Waals surface area contributed by atoms with Crippen LogP contribution in [0.1, 0.15) is 88.7 Å². The standard InChI is InChI=1S/C38H44F4/c1-3-5-7-25-9-11-26(12-10-25)27-13-15-28(16-14-27)33-23-24-34(38(42)37(33)41)30-19-17-29(18-20-30)32-22-21-31(8-6-4-2)35(39)36(32)40/h3,15,17-27,37-38H,1,4-14,16H2,2H3. The Morgan fingerprint density at radius 1 is 0.810 bits per heavy atom. The summed E-state index contributed by atoms with van der Waals surface area (Å²) in [6.07, 6.45) is 16.7. The molecule has 0 nitrogen and oxygen atoms in total. The molecule has 224 valence electrons. The molecule has 3 unspecified atom stereocenters. The van der Waals surface area contributed by atoms with Gasteiger partial charge in [0.2, 0.25) is 0 Å². The summed E-state index contributed by atoms with van der Waals surface area (Å²) in [5.74, 6) is 0.548. The molecule has 0 aliphatic heterocycles. The minimum absolute atomic E-state index is 0.169. The number of allylic oxidation sites excluding steroid dienone is 7. The van der Waals surface area contributed by atoms with E-state index in [2.05, 4.69) is 12.7 Å². The molecule has 3 aliphatic rings. The molecule has 2 aromatic carbocycles. The molecule has 0 N–H and O–H groups in total. The molecule has 0 amide bonds. The van der Waals surface area contributed by atoms with Crippen molar-refractivity contribution in [1.82, 2.24) is 0 Å².